The Kier molecular flexibility index (Phi) is 4.74. The van der Waals surface area contributed by atoms with Gasteiger partial charge in [0.05, 0.1) is 0 Å². The molecular weight excluding hydrogens is 270 g/mol. The standard InChI is InChI=1S/C17H24ClNO/c1-17(2,3)14-9-7-13(8-10-14)16(20)19(12-11-18)15-5-4-6-15/h7-10,15H,4-6,11-12H2,1-3H3. The minimum absolute atomic E-state index is 0.116. The zero-order chi connectivity index (χ0) is 14.8. The topological polar surface area (TPSA) is 20.3 Å². The van der Waals surface area contributed by atoms with E-state index in [2.05, 4.69) is 32.9 Å². The zero-order valence-corrected chi connectivity index (χ0v) is 13.4. The van der Waals surface area contributed by atoms with E-state index in [1.165, 1.54) is 12.0 Å². The predicted molar refractivity (Wildman–Crippen MR) is 84.5 cm³/mol. The lowest BCUT2D eigenvalue weighted by Crippen LogP contribution is -2.45. The van der Waals surface area contributed by atoms with E-state index in [1.54, 1.807) is 0 Å². The largest absolute Gasteiger partial charge is 0.334 e. The summed E-state index contributed by atoms with van der Waals surface area (Å²) < 4.78 is 0. The highest BCUT2D eigenvalue weighted by Crippen LogP contribution is 2.27. The second kappa shape index (κ2) is 6.17. The molecule has 1 aliphatic carbocycles. The third-order valence-corrected chi connectivity index (χ3v) is 4.27. The Morgan fingerprint density at radius 2 is 1.85 bits per heavy atom. The summed E-state index contributed by atoms with van der Waals surface area (Å²) in [6.07, 6.45) is 3.45. The van der Waals surface area contributed by atoms with Crippen LogP contribution in [0, 0.1) is 0 Å². The fourth-order valence-corrected chi connectivity index (χ4v) is 2.70. The molecule has 1 aliphatic rings. The highest BCUT2D eigenvalue weighted by molar-refractivity contribution is 6.18. The van der Waals surface area contributed by atoms with Crippen LogP contribution in [0.2, 0.25) is 0 Å². The maximum Gasteiger partial charge on any atom is 0.254 e. The molecule has 110 valence electrons. The molecule has 0 aromatic heterocycles. The first-order valence-electron chi connectivity index (χ1n) is 7.41. The Bertz CT molecular complexity index is 457. The van der Waals surface area contributed by atoms with E-state index in [-0.39, 0.29) is 11.3 Å². The number of alkyl halides is 1. The summed E-state index contributed by atoms with van der Waals surface area (Å²) in [4.78, 5) is 14.5. The van der Waals surface area contributed by atoms with E-state index < -0.39 is 0 Å². The van der Waals surface area contributed by atoms with E-state index in [4.69, 9.17) is 11.6 Å². The number of hydrogen-bond donors (Lipinski definition) is 0. The van der Waals surface area contributed by atoms with Gasteiger partial charge in [-0.15, -0.1) is 11.6 Å². The summed E-state index contributed by atoms with van der Waals surface area (Å²) in [6, 6.07) is 8.41. The summed E-state index contributed by atoms with van der Waals surface area (Å²) in [7, 11) is 0. The van der Waals surface area contributed by atoms with E-state index >= 15 is 0 Å². The summed E-state index contributed by atoms with van der Waals surface area (Å²) >= 11 is 5.84. The first kappa shape index (κ1) is 15.4. The summed E-state index contributed by atoms with van der Waals surface area (Å²) in [6.45, 7) is 7.18. The van der Waals surface area contributed by atoms with Crippen molar-refractivity contribution in [2.24, 2.45) is 0 Å². The minimum Gasteiger partial charge on any atom is -0.334 e. The molecule has 0 unspecified atom stereocenters. The Hall–Kier alpha value is -1.02. The van der Waals surface area contributed by atoms with Crippen molar-refractivity contribution in [2.75, 3.05) is 12.4 Å². The Labute approximate surface area is 127 Å². The van der Waals surface area contributed by atoms with Crippen LogP contribution in [0.4, 0.5) is 0 Å². The molecule has 2 nitrogen and oxygen atoms in total. The van der Waals surface area contributed by atoms with Crippen LogP contribution in [0.3, 0.4) is 0 Å². The number of halogens is 1. The number of carbonyl (C=O) groups excluding carboxylic acids is 1. The number of nitrogens with zero attached hydrogens (tertiary/aromatic N) is 1. The third kappa shape index (κ3) is 3.35. The third-order valence-electron chi connectivity index (χ3n) is 4.10. The molecule has 0 radical (unpaired) electrons. The maximum absolute atomic E-state index is 12.6. The molecule has 0 bridgehead atoms. The van der Waals surface area contributed by atoms with Crippen LogP contribution >= 0.6 is 11.6 Å². The molecule has 2 rings (SSSR count). The lowest BCUT2D eigenvalue weighted by Gasteiger charge is -2.37. The predicted octanol–water partition coefficient (Wildman–Crippen LogP) is 4.22. The molecule has 1 amide bonds. The van der Waals surface area contributed by atoms with E-state index in [0.717, 1.165) is 18.4 Å². The molecule has 0 spiro atoms. The van der Waals surface area contributed by atoms with Crippen molar-refractivity contribution in [1.29, 1.82) is 0 Å². The van der Waals surface area contributed by atoms with Gasteiger partial charge in [0.15, 0.2) is 0 Å². The van der Waals surface area contributed by atoms with Gasteiger partial charge in [-0.2, -0.15) is 0 Å². The quantitative estimate of drug-likeness (QED) is 0.761. The second-order valence-corrected chi connectivity index (χ2v) is 6.98. The fraction of sp³-hybridized carbons (Fsp3) is 0.588. The SMILES string of the molecule is CC(C)(C)c1ccc(C(=O)N(CCCl)C2CCC2)cc1. The van der Waals surface area contributed by atoms with Crippen LogP contribution < -0.4 is 0 Å². The molecule has 0 atom stereocenters. The molecule has 1 aromatic carbocycles. The zero-order valence-electron chi connectivity index (χ0n) is 12.7. The number of carbonyl (C=O) groups is 1. The molecular formula is C17H24ClNO. The van der Waals surface area contributed by atoms with Gasteiger partial charge in [0.1, 0.15) is 0 Å². The molecule has 3 heteroatoms. The van der Waals surface area contributed by atoms with E-state index in [9.17, 15) is 4.79 Å². The number of hydrogen-bond acceptors (Lipinski definition) is 1. The van der Waals surface area contributed by atoms with Crippen LogP contribution in [0.1, 0.15) is 56.0 Å². The molecule has 0 N–H and O–H groups in total. The van der Waals surface area contributed by atoms with Crippen LogP contribution in [-0.2, 0) is 5.41 Å². The molecule has 0 saturated heterocycles. The lowest BCUT2D eigenvalue weighted by molar-refractivity contribution is 0.0598. The van der Waals surface area contributed by atoms with E-state index in [0.29, 0.717) is 18.5 Å². The Morgan fingerprint density at radius 1 is 1.25 bits per heavy atom. The monoisotopic (exact) mass is 293 g/mol. The van der Waals surface area contributed by atoms with Crippen LogP contribution in [-0.4, -0.2) is 29.3 Å². The van der Waals surface area contributed by atoms with Crippen molar-refractivity contribution >= 4 is 17.5 Å². The second-order valence-electron chi connectivity index (χ2n) is 6.60. The van der Waals surface area contributed by atoms with Crippen LogP contribution in [0.15, 0.2) is 24.3 Å². The van der Waals surface area contributed by atoms with Gasteiger partial charge in [0, 0.05) is 24.0 Å². The summed E-state index contributed by atoms with van der Waals surface area (Å²) in [5.74, 6) is 0.623. The smallest absolute Gasteiger partial charge is 0.254 e. The van der Waals surface area contributed by atoms with Gasteiger partial charge < -0.3 is 4.90 Å². The molecule has 1 saturated carbocycles. The van der Waals surface area contributed by atoms with Crippen molar-refractivity contribution in [2.45, 2.75) is 51.5 Å². The maximum atomic E-state index is 12.6. The van der Waals surface area contributed by atoms with Gasteiger partial charge >= 0.3 is 0 Å². The van der Waals surface area contributed by atoms with E-state index in [1.807, 2.05) is 17.0 Å². The lowest BCUT2D eigenvalue weighted by atomic mass is 9.86. The van der Waals surface area contributed by atoms with Crippen molar-refractivity contribution in [3.05, 3.63) is 35.4 Å². The van der Waals surface area contributed by atoms with Gasteiger partial charge in [-0.1, -0.05) is 32.9 Å². The molecule has 20 heavy (non-hydrogen) atoms. The average Bonchev–Trinajstić information content (AvgIpc) is 2.34. The number of benzene rings is 1. The van der Waals surface area contributed by atoms with Crippen molar-refractivity contribution in [1.82, 2.24) is 4.90 Å². The summed E-state index contributed by atoms with van der Waals surface area (Å²) in [5, 5.41) is 0. The fourth-order valence-electron chi connectivity index (χ4n) is 2.52. The number of amides is 1. The minimum atomic E-state index is 0.116. The first-order chi connectivity index (χ1) is 9.43. The molecule has 1 fully saturated rings. The highest BCUT2D eigenvalue weighted by atomic mass is 35.5. The van der Waals surface area contributed by atoms with Crippen LogP contribution in [0.25, 0.3) is 0 Å². The van der Waals surface area contributed by atoms with Crippen molar-refractivity contribution in [3.8, 4) is 0 Å². The van der Waals surface area contributed by atoms with Gasteiger partial charge in [-0.05, 0) is 42.4 Å². The van der Waals surface area contributed by atoms with Gasteiger partial charge in [0.2, 0.25) is 0 Å². The Morgan fingerprint density at radius 3 is 2.25 bits per heavy atom. The van der Waals surface area contributed by atoms with Crippen molar-refractivity contribution < 1.29 is 4.79 Å². The van der Waals surface area contributed by atoms with Gasteiger partial charge in [-0.25, -0.2) is 0 Å². The first-order valence-corrected chi connectivity index (χ1v) is 7.94. The van der Waals surface area contributed by atoms with Gasteiger partial charge in [0.25, 0.3) is 5.91 Å². The average molecular weight is 294 g/mol. The molecule has 1 aromatic rings. The normalized spacial score (nSPS) is 15.8. The number of rotatable bonds is 4. The van der Waals surface area contributed by atoms with Crippen molar-refractivity contribution in [3.63, 3.8) is 0 Å². The highest BCUT2D eigenvalue weighted by Gasteiger charge is 2.29. The molecule has 0 heterocycles. The Balaban J connectivity index is 2.14. The molecule has 0 aliphatic heterocycles. The summed E-state index contributed by atoms with van der Waals surface area (Å²) in [5.41, 5.74) is 2.14. The van der Waals surface area contributed by atoms with Gasteiger partial charge in [-0.3, -0.25) is 4.79 Å². The van der Waals surface area contributed by atoms with Crippen LogP contribution in [0.5, 0.6) is 0 Å².